The lowest BCUT2D eigenvalue weighted by atomic mass is 9.89. The third-order valence-electron chi connectivity index (χ3n) is 4.48. The molecule has 17 heavy (non-hydrogen) atoms. The molecule has 2 aliphatic carbocycles. The van der Waals surface area contributed by atoms with Crippen molar-refractivity contribution in [3.8, 4) is 0 Å². The van der Waals surface area contributed by atoms with E-state index < -0.39 is 0 Å². The summed E-state index contributed by atoms with van der Waals surface area (Å²) < 4.78 is 4.97. The summed E-state index contributed by atoms with van der Waals surface area (Å²) in [4.78, 5) is 11.9. The molecule has 1 aromatic rings. The molecule has 2 atom stereocenters. The van der Waals surface area contributed by atoms with E-state index in [-0.39, 0.29) is 11.9 Å². The Bertz CT molecular complexity index is 420. The Kier molecular flexibility index (Phi) is 2.46. The van der Waals surface area contributed by atoms with Crippen LogP contribution in [0.25, 0.3) is 0 Å². The second-order valence-electron chi connectivity index (χ2n) is 5.56. The monoisotopic (exact) mass is 230 g/mol. The topological polar surface area (TPSA) is 26.3 Å². The summed E-state index contributed by atoms with van der Waals surface area (Å²) in [5.41, 5.74) is 1.77. The van der Waals surface area contributed by atoms with Crippen LogP contribution in [0.5, 0.6) is 0 Å². The molecule has 0 radical (unpaired) electrons. The zero-order valence-corrected chi connectivity index (χ0v) is 10.2. The first kappa shape index (κ1) is 10.8. The van der Waals surface area contributed by atoms with E-state index in [2.05, 4.69) is 24.3 Å². The number of hydrogen-bond acceptors (Lipinski definition) is 2. The Labute approximate surface area is 102 Å². The third-order valence-corrected chi connectivity index (χ3v) is 4.48. The van der Waals surface area contributed by atoms with Gasteiger partial charge in [-0.2, -0.15) is 0 Å². The molecule has 0 aromatic heterocycles. The Morgan fingerprint density at radius 2 is 1.94 bits per heavy atom. The maximum absolute atomic E-state index is 11.9. The minimum atomic E-state index is -0.0253. The summed E-state index contributed by atoms with van der Waals surface area (Å²) >= 11 is 0. The number of rotatable bonds is 2. The molecule has 1 spiro atoms. The first-order chi connectivity index (χ1) is 8.24. The average Bonchev–Trinajstić information content (AvgIpc) is 3.01. The number of carbonyl (C=O) groups excluding carboxylic acids is 1. The maximum Gasteiger partial charge on any atom is 0.309 e. The van der Waals surface area contributed by atoms with E-state index in [0.29, 0.717) is 11.3 Å². The average molecular weight is 230 g/mol. The van der Waals surface area contributed by atoms with Crippen molar-refractivity contribution in [2.45, 2.75) is 31.6 Å². The summed E-state index contributed by atoms with van der Waals surface area (Å²) in [6.45, 7) is 0. The highest BCUT2D eigenvalue weighted by atomic mass is 16.5. The van der Waals surface area contributed by atoms with Crippen LogP contribution >= 0.6 is 0 Å². The van der Waals surface area contributed by atoms with Gasteiger partial charge in [0.15, 0.2) is 0 Å². The molecule has 0 heterocycles. The molecular weight excluding hydrogens is 212 g/mol. The Morgan fingerprint density at radius 3 is 2.53 bits per heavy atom. The van der Waals surface area contributed by atoms with Gasteiger partial charge >= 0.3 is 5.97 Å². The number of ether oxygens (including phenoxy) is 1. The van der Waals surface area contributed by atoms with E-state index in [1.807, 2.05) is 6.07 Å². The molecule has 90 valence electrons. The van der Waals surface area contributed by atoms with Gasteiger partial charge in [-0.15, -0.1) is 0 Å². The van der Waals surface area contributed by atoms with Crippen molar-refractivity contribution in [1.82, 2.24) is 0 Å². The minimum absolute atomic E-state index is 0.0253. The van der Waals surface area contributed by atoms with Crippen LogP contribution in [0.15, 0.2) is 30.3 Å². The summed E-state index contributed by atoms with van der Waals surface area (Å²) in [7, 11) is 1.50. The van der Waals surface area contributed by atoms with Crippen LogP contribution in [-0.2, 0) is 9.53 Å². The lowest BCUT2D eigenvalue weighted by Crippen LogP contribution is -2.19. The van der Waals surface area contributed by atoms with Gasteiger partial charge in [-0.1, -0.05) is 30.3 Å². The second-order valence-corrected chi connectivity index (χ2v) is 5.56. The highest BCUT2D eigenvalue weighted by Gasteiger charge is 2.55. The van der Waals surface area contributed by atoms with Gasteiger partial charge in [0, 0.05) is 0 Å². The maximum atomic E-state index is 11.9. The van der Waals surface area contributed by atoms with Gasteiger partial charge in [0.2, 0.25) is 0 Å². The molecule has 0 N–H and O–H groups in total. The molecule has 0 saturated heterocycles. The first-order valence-electron chi connectivity index (χ1n) is 6.37. The van der Waals surface area contributed by atoms with Crippen LogP contribution in [0.4, 0.5) is 0 Å². The van der Waals surface area contributed by atoms with Crippen molar-refractivity contribution in [2.75, 3.05) is 7.11 Å². The second kappa shape index (κ2) is 3.86. The summed E-state index contributed by atoms with van der Waals surface area (Å²) in [5.74, 6) is 0.415. The van der Waals surface area contributed by atoms with Gasteiger partial charge in [-0.05, 0) is 42.6 Å². The zero-order valence-electron chi connectivity index (χ0n) is 10.2. The standard InChI is InChI=1S/C15H18O2/c1-17-14(16)13-10-15(7-8-15)9-12(13)11-5-3-2-4-6-11/h2-6,12-13H,7-10H2,1H3/t12-,13+/m1/s1. The Morgan fingerprint density at radius 1 is 1.24 bits per heavy atom. The van der Waals surface area contributed by atoms with Crippen molar-refractivity contribution >= 4 is 5.97 Å². The zero-order chi connectivity index (χ0) is 11.9. The van der Waals surface area contributed by atoms with E-state index in [4.69, 9.17) is 4.74 Å². The predicted molar refractivity (Wildman–Crippen MR) is 65.6 cm³/mol. The van der Waals surface area contributed by atoms with Crippen LogP contribution in [-0.4, -0.2) is 13.1 Å². The van der Waals surface area contributed by atoms with Gasteiger partial charge in [0.25, 0.3) is 0 Å². The molecule has 0 bridgehead atoms. The van der Waals surface area contributed by atoms with Crippen LogP contribution in [0.3, 0.4) is 0 Å². The third kappa shape index (κ3) is 1.86. The van der Waals surface area contributed by atoms with Crippen LogP contribution in [0, 0.1) is 11.3 Å². The van der Waals surface area contributed by atoms with Crippen molar-refractivity contribution in [1.29, 1.82) is 0 Å². The number of hydrogen-bond donors (Lipinski definition) is 0. The normalized spacial score (nSPS) is 29.2. The first-order valence-corrected chi connectivity index (χ1v) is 6.37. The summed E-state index contributed by atoms with van der Waals surface area (Å²) in [6, 6.07) is 10.4. The number of carbonyl (C=O) groups is 1. The molecule has 1 aromatic carbocycles. The van der Waals surface area contributed by atoms with Crippen LogP contribution in [0.1, 0.15) is 37.2 Å². The van der Waals surface area contributed by atoms with E-state index in [9.17, 15) is 4.79 Å². The highest BCUT2D eigenvalue weighted by Crippen LogP contribution is 2.64. The quantitative estimate of drug-likeness (QED) is 0.730. The van der Waals surface area contributed by atoms with Crippen molar-refractivity contribution in [3.05, 3.63) is 35.9 Å². The van der Waals surface area contributed by atoms with Crippen molar-refractivity contribution < 1.29 is 9.53 Å². The highest BCUT2D eigenvalue weighted by molar-refractivity contribution is 5.74. The molecule has 2 aliphatic rings. The lowest BCUT2D eigenvalue weighted by Gasteiger charge is -2.17. The number of benzene rings is 1. The van der Waals surface area contributed by atoms with Crippen molar-refractivity contribution in [3.63, 3.8) is 0 Å². The predicted octanol–water partition coefficient (Wildman–Crippen LogP) is 3.13. The Balaban J connectivity index is 1.88. The van der Waals surface area contributed by atoms with Gasteiger partial charge in [0.05, 0.1) is 13.0 Å². The summed E-state index contributed by atoms with van der Waals surface area (Å²) in [5, 5.41) is 0. The van der Waals surface area contributed by atoms with E-state index in [1.165, 1.54) is 25.5 Å². The lowest BCUT2D eigenvalue weighted by molar-refractivity contribution is -0.145. The smallest absolute Gasteiger partial charge is 0.309 e. The molecule has 0 amide bonds. The van der Waals surface area contributed by atoms with E-state index >= 15 is 0 Å². The molecule has 2 fully saturated rings. The van der Waals surface area contributed by atoms with Crippen molar-refractivity contribution in [2.24, 2.45) is 11.3 Å². The van der Waals surface area contributed by atoms with Gasteiger partial charge in [0.1, 0.15) is 0 Å². The fraction of sp³-hybridized carbons (Fsp3) is 0.533. The minimum Gasteiger partial charge on any atom is -0.469 e. The largest absolute Gasteiger partial charge is 0.469 e. The van der Waals surface area contributed by atoms with Crippen LogP contribution in [0.2, 0.25) is 0 Å². The Hall–Kier alpha value is -1.31. The summed E-state index contributed by atoms with van der Waals surface area (Å²) in [6.07, 6.45) is 4.78. The fourth-order valence-corrected chi connectivity index (χ4v) is 3.34. The van der Waals surface area contributed by atoms with Crippen LogP contribution < -0.4 is 0 Å². The van der Waals surface area contributed by atoms with Gasteiger partial charge in [-0.25, -0.2) is 0 Å². The molecule has 2 heteroatoms. The molecule has 0 aliphatic heterocycles. The molecule has 3 rings (SSSR count). The molecule has 0 unspecified atom stereocenters. The molecule has 2 nitrogen and oxygen atoms in total. The molecule has 2 saturated carbocycles. The number of esters is 1. The van der Waals surface area contributed by atoms with E-state index in [0.717, 1.165) is 12.8 Å². The van der Waals surface area contributed by atoms with Gasteiger partial charge in [-0.3, -0.25) is 4.79 Å². The van der Waals surface area contributed by atoms with E-state index in [1.54, 1.807) is 0 Å². The number of methoxy groups -OCH3 is 1. The molecular formula is C15H18O2. The fourth-order valence-electron chi connectivity index (χ4n) is 3.34. The SMILES string of the molecule is COC(=O)[C@H]1CC2(CC2)C[C@@H]1c1ccccc1. The van der Waals surface area contributed by atoms with Gasteiger partial charge < -0.3 is 4.74 Å².